The zero-order chi connectivity index (χ0) is 25.8. The van der Waals surface area contributed by atoms with Gasteiger partial charge in [-0.25, -0.2) is 0 Å². The summed E-state index contributed by atoms with van der Waals surface area (Å²) >= 11 is 12.8. The minimum atomic E-state index is 0.617. The van der Waals surface area contributed by atoms with E-state index in [4.69, 9.17) is 27.9 Å². The molecule has 5 heteroatoms. The lowest BCUT2D eigenvalue weighted by Crippen LogP contribution is -2.11. The van der Waals surface area contributed by atoms with E-state index in [1.54, 1.807) is 0 Å². The molecule has 1 heterocycles. The van der Waals surface area contributed by atoms with Gasteiger partial charge in [0.15, 0.2) is 0 Å². The van der Waals surface area contributed by atoms with Crippen molar-refractivity contribution in [3.05, 3.63) is 95.0 Å². The molecule has 0 fully saturated rings. The fraction of sp³-hybridized carbons (Fsp3) is 0.250. The summed E-state index contributed by atoms with van der Waals surface area (Å²) in [5.74, 6) is 1.53. The fourth-order valence-electron chi connectivity index (χ4n) is 4.88. The van der Waals surface area contributed by atoms with Gasteiger partial charge in [-0.05, 0) is 79.1 Å². The standard InChI is InChI=1S/C32H32Cl2N2O/c1-3-5-7-22(4-2)21-37-28-14-12-25(13-15-28)35-26-8-6-9-27(20-26)36-31-18-23(33)10-16-29(31)30-17-11-24(34)19-32(30)36/h6,8-20,22,35H,3-5,7,21H2,1-2H3. The number of hydrogen-bond donors (Lipinski definition) is 1. The van der Waals surface area contributed by atoms with Gasteiger partial charge in [0.2, 0.25) is 0 Å². The van der Waals surface area contributed by atoms with Crippen LogP contribution in [0.25, 0.3) is 27.5 Å². The van der Waals surface area contributed by atoms with Gasteiger partial charge in [-0.15, -0.1) is 0 Å². The van der Waals surface area contributed by atoms with E-state index in [0.29, 0.717) is 16.0 Å². The maximum Gasteiger partial charge on any atom is 0.119 e. The zero-order valence-corrected chi connectivity index (χ0v) is 22.8. The van der Waals surface area contributed by atoms with Crippen LogP contribution in [0.4, 0.5) is 11.4 Å². The predicted octanol–water partition coefficient (Wildman–Crippen LogP) is 10.4. The van der Waals surface area contributed by atoms with Gasteiger partial charge in [0.1, 0.15) is 5.75 Å². The van der Waals surface area contributed by atoms with Crippen molar-refractivity contribution in [3.63, 3.8) is 0 Å². The molecule has 0 aliphatic carbocycles. The Morgan fingerprint density at radius 2 is 1.46 bits per heavy atom. The van der Waals surface area contributed by atoms with Crippen LogP contribution in [0, 0.1) is 5.92 Å². The fourth-order valence-corrected chi connectivity index (χ4v) is 5.21. The number of nitrogens with one attached hydrogen (secondary N) is 1. The molecule has 190 valence electrons. The number of halogens is 2. The first-order valence-corrected chi connectivity index (χ1v) is 13.8. The van der Waals surface area contributed by atoms with Crippen molar-refractivity contribution < 1.29 is 4.74 Å². The highest BCUT2D eigenvalue weighted by Crippen LogP contribution is 2.35. The summed E-state index contributed by atoms with van der Waals surface area (Å²) in [5, 5.41) is 7.23. The van der Waals surface area contributed by atoms with Crippen LogP contribution in [0.2, 0.25) is 10.0 Å². The third-order valence-electron chi connectivity index (χ3n) is 6.97. The first-order valence-electron chi connectivity index (χ1n) is 13.0. The molecule has 1 aromatic heterocycles. The van der Waals surface area contributed by atoms with Crippen molar-refractivity contribution in [2.75, 3.05) is 11.9 Å². The largest absolute Gasteiger partial charge is 0.493 e. The number of anilines is 2. The number of nitrogens with zero attached hydrogens (tertiary/aromatic N) is 1. The van der Waals surface area contributed by atoms with Crippen molar-refractivity contribution in [3.8, 4) is 11.4 Å². The molecule has 1 unspecified atom stereocenters. The summed E-state index contributed by atoms with van der Waals surface area (Å²) in [4.78, 5) is 0. The molecule has 37 heavy (non-hydrogen) atoms. The van der Waals surface area contributed by atoms with Crippen LogP contribution in [0.1, 0.15) is 39.5 Å². The molecule has 5 rings (SSSR count). The van der Waals surface area contributed by atoms with Crippen molar-refractivity contribution in [1.82, 2.24) is 4.57 Å². The van der Waals surface area contributed by atoms with Gasteiger partial charge in [-0.2, -0.15) is 0 Å². The number of aromatic nitrogens is 1. The van der Waals surface area contributed by atoms with Gasteiger partial charge in [0.25, 0.3) is 0 Å². The van der Waals surface area contributed by atoms with E-state index < -0.39 is 0 Å². The number of rotatable bonds is 10. The topological polar surface area (TPSA) is 26.2 Å². The van der Waals surface area contributed by atoms with E-state index in [0.717, 1.165) is 57.6 Å². The van der Waals surface area contributed by atoms with Crippen LogP contribution in [0.3, 0.4) is 0 Å². The Kier molecular flexibility index (Phi) is 7.93. The van der Waals surface area contributed by atoms with Crippen LogP contribution < -0.4 is 10.1 Å². The molecule has 4 aromatic carbocycles. The van der Waals surface area contributed by atoms with Crippen LogP contribution in [-0.4, -0.2) is 11.2 Å². The minimum Gasteiger partial charge on any atom is -0.493 e. The maximum atomic E-state index is 6.40. The molecular formula is C32H32Cl2N2O. The van der Waals surface area contributed by atoms with E-state index in [1.165, 1.54) is 19.3 Å². The molecule has 0 bridgehead atoms. The number of ether oxygens (including phenoxy) is 1. The van der Waals surface area contributed by atoms with Gasteiger partial charge < -0.3 is 14.6 Å². The van der Waals surface area contributed by atoms with Gasteiger partial charge in [0, 0.05) is 37.9 Å². The molecule has 0 spiro atoms. The molecule has 0 aliphatic heterocycles. The Morgan fingerprint density at radius 3 is 2.08 bits per heavy atom. The third-order valence-corrected chi connectivity index (χ3v) is 7.44. The first-order chi connectivity index (χ1) is 18.1. The van der Waals surface area contributed by atoms with E-state index in [9.17, 15) is 0 Å². The zero-order valence-electron chi connectivity index (χ0n) is 21.3. The van der Waals surface area contributed by atoms with E-state index in [-0.39, 0.29) is 0 Å². The Balaban J connectivity index is 1.38. The Labute approximate surface area is 229 Å². The summed E-state index contributed by atoms with van der Waals surface area (Å²) in [6, 6.07) is 28.6. The third kappa shape index (κ3) is 5.74. The highest BCUT2D eigenvalue weighted by Gasteiger charge is 2.14. The Morgan fingerprint density at radius 1 is 0.784 bits per heavy atom. The highest BCUT2D eigenvalue weighted by molar-refractivity contribution is 6.32. The molecular weight excluding hydrogens is 499 g/mol. The van der Waals surface area contributed by atoms with Crippen LogP contribution >= 0.6 is 23.2 Å². The molecule has 1 atom stereocenters. The molecule has 3 nitrogen and oxygen atoms in total. The second kappa shape index (κ2) is 11.5. The Hall–Kier alpha value is -3.14. The molecule has 0 saturated carbocycles. The first kappa shape index (κ1) is 25.5. The van der Waals surface area contributed by atoms with Gasteiger partial charge in [0.05, 0.1) is 17.6 Å². The van der Waals surface area contributed by atoms with Crippen molar-refractivity contribution in [1.29, 1.82) is 0 Å². The van der Waals surface area contributed by atoms with Crippen LogP contribution in [0.5, 0.6) is 5.75 Å². The average molecular weight is 532 g/mol. The molecule has 0 saturated heterocycles. The summed E-state index contributed by atoms with van der Waals surface area (Å²) in [7, 11) is 0. The Bertz CT molecular complexity index is 1450. The second-order valence-corrected chi connectivity index (χ2v) is 10.5. The van der Waals surface area contributed by atoms with Crippen molar-refractivity contribution >= 4 is 56.4 Å². The molecule has 5 aromatic rings. The van der Waals surface area contributed by atoms with Crippen molar-refractivity contribution in [2.45, 2.75) is 39.5 Å². The number of hydrogen-bond acceptors (Lipinski definition) is 2. The SMILES string of the molecule is CCCCC(CC)COc1ccc(Nc2cccc(-n3c4cc(Cl)ccc4c4ccc(Cl)cc43)c2)cc1. The summed E-state index contributed by atoms with van der Waals surface area (Å²) in [5.41, 5.74) is 5.14. The van der Waals surface area contributed by atoms with Gasteiger partial charge >= 0.3 is 0 Å². The van der Waals surface area contributed by atoms with Crippen LogP contribution in [0.15, 0.2) is 84.9 Å². The number of fused-ring (bicyclic) bond motifs is 3. The summed E-state index contributed by atoms with van der Waals surface area (Å²) in [6.45, 7) is 5.26. The molecule has 0 aliphatic rings. The van der Waals surface area contributed by atoms with Crippen LogP contribution in [-0.2, 0) is 0 Å². The van der Waals surface area contributed by atoms with Crippen molar-refractivity contribution in [2.24, 2.45) is 5.92 Å². The lowest BCUT2D eigenvalue weighted by molar-refractivity contribution is 0.233. The second-order valence-electron chi connectivity index (χ2n) is 9.59. The lowest BCUT2D eigenvalue weighted by atomic mass is 10.0. The van der Waals surface area contributed by atoms with E-state index in [2.05, 4.69) is 72.3 Å². The predicted molar refractivity (Wildman–Crippen MR) is 159 cm³/mol. The minimum absolute atomic E-state index is 0.617. The lowest BCUT2D eigenvalue weighted by Gasteiger charge is -2.16. The van der Waals surface area contributed by atoms with E-state index >= 15 is 0 Å². The normalized spacial score (nSPS) is 12.2. The molecule has 0 amide bonds. The molecule has 0 radical (unpaired) electrons. The smallest absolute Gasteiger partial charge is 0.119 e. The van der Waals surface area contributed by atoms with E-state index in [1.807, 2.05) is 36.4 Å². The maximum absolute atomic E-state index is 6.40. The monoisotopic (exact) mass is 530 g/mol. The number of unbranched alkanes of at least 4 members (excludes halogenated alkanes) is 1. The van der Waals surface area contributed by atoms with Gasteiger partial charge in [-0.1, -0.05) is 74.5 Å². The quantitative estimate of drug-likeness (QED) is 0.194. The number of benzene rings is 4. The van der Waals surface area contributed by atoms with Gasteiger partial charge in [-0.3, -0.25) is 0 Å². The highest BCUT2D eigenvalue weighted by atomic mass is 35.5. The average Bonchev–Trinajstić information content (AvgIpc) is 3.22. The summed E-state index contributed by atoms with van der Waals surface area (Å²) < 4.78 is 8.29. The molecule has 1 N–H and O–H groups in total. The summed E-state index contributed by atoms with van der Waals surface area (Å²) in [6.07, 6.45) is 4.88.